The Labute approximate surface area is 137 Å². The topological polar surface area (TPSA) is 52.6 Å². The van der Waals surface area contributed by atoms with E-state index in [0.29, 0.717) is 11.6 Å². The Morgan fingerprint density at radius 3 is 2.68 bits per heavy atom. The molecule has 1 aliphatic rings. The molecular formula is C17H25ClN2O2. The lowest BCUT2D eigenvalue weighted by Gasteiger charge is -2.27. The Morgan fingerprint density at radius 2 is 2.09 bits per heavy atom. The quantitative estimate of drug-likeness (QED) is 0.845. The van der Waals surface area contributed by atoms with Gasteiger partial charge in [0.15, 0.2) is 0 Å². The highest BCUT2D eigenvalue weighted by molar-refractivity contribution is 6.30. The highest BCUT2D eigenvalue weighted by Gasteiger charge is 2.28. The first-order chi connectivity index (χ1) is 10.5. The molecule has 4 nitrogen and oxygen atoms in total. The summed E-state index contributed by atoms with van der Waals surface area (Å²) in [5.41, 5.74) is 1.03. The van der Waals surface area contributed by atoms with Gasteiger partial charge in [-0.1, -0.05) is 30.2 Å². The van der Waals surface area contributed by atoms with E-state index in [1.807, 2.05) is 43.1 Å². The number of rotatable bonds is 6. The Balaban J connectivity index is 1.79. The zero-order chi connectivity index (χ0) is 16.1. The highest BCUT2D eigenvalue weighted by atomic mass is 35.5. The van der Waals surface area contributed by atoms with Crippen molar-refractivity contribution in [3.63, 3.8) is 0 Å². The minimum absolute atomic E-state index is 0.00457. The van der Waals surface area contributed by atoms with E-state index >= 15 is 0 Å². The van der Waals surface area contributed by atoms with E-state index in [9.17, 15) is 9.90 Å². The molecule has 2 rings (SSSR count). The maximum atomic E-state index is 12.2. The van der Waals surface area contributed by atoms with Gasteiger partial charge in [-0.2, -0.15) is 0 Å². The van der Waals surface area contributed by atoms with Crippen LogP contribution >= 0.6 is 11.6 Å². The predicted molar refractivity (Wildman–Crippen MR) is 88.7 cm³/mol. The molecule has 0 saturated heterocycles. The number of aliphatic hydroxyl groups excluding tert-OH is 1. The van der Waals surface area contributed by atoms with Crippen molar-refractivity contribution in [2.45, 2.75) is 44.9 Å². The van der Waals surface area contributed by atoms with Gasteiger partial charge in [-0.25, -0.2) is 0 Å². The van der Waals surface area contributed by atoms with Crippen molar-refractivity contribution in [1.29, 1.82) is 0 Å². The second-order valence-electron chi connectivity index (χ2n) is 6.22. The van der Waals surface area contributed by atoms with Crippen LogP contribution in [-0.2, 0) is 11.3 Å². The van der Waals surface area contributed by atoms with Crippen molar-refractivity contribution >= 4 is 17.5 Å². The van der Waals surface area contributed by atoms with Crippen molar-refractivity contribution in [2.24, 2.45) is 5.92 Å². The van der Waals surface area contributed by atoms with Gasteiger partial charge in [-0.3, -0.25) is 9.69 Å². The highest BCUT2D eigenvalue weighted by Crippen LogP contribution is 2.26. The molecule has 1 aliphatic carbocycles. The van der Waals surface area contributed by atoms with Crippen LogP contribution in [0.4, 0.5) is 0 Å². The van der Waals surface area contributed by atoms with Crippen molar-refractivity contribution in [2.75, 3.05) is 13.6 Å². The van der Waals surface area contributed by atoms with Gasteiger partial charge in [0.05, 0.1) is 12.1 Å². The van der Waals surface area contributed by atoms with Gasteiger partial charge >= 0.3 is 0 Å². The van der Waals surface area contributed by atoms with E-state index in [2.05, 4.69) is 5.32 Å². The van der Waals surface area contributed by atoms with E-state index in [-0.39, 0.29) is 24.0 Å². The van der Waals surface area contributed by atoms with Crippen LogP contribution < -0.4 is 5.32 Å². The van der Waals surface area contributed by atoms with Crippen LogP contribution in [0, 0.1) is 5.92 Å². The lowest BCUT2D eigenvalue weighted by molar-refractivity contribution is -0.125. The summed E-state index contributed by atoms with van der Waals surface area (Å²) in [6, 6.07) is 7.25. The Kier molecular flexibility index (Phi) is 6.24. The molecule has 2 N–H and O–H groups in total. The van der Waals surface area contributed by atoms with Crippen LogP contribution in [0.25, 0.3) is 0 Å². The van der Waals surface area contributed by atoms with Gasteiger partial charge in [0.1, 0.15) is 0 Å². The number of likely N-dealkylation sites (N-methyl/N-ethyl adjacent to an activating group) is 1. The Morgan fingerprint density at radius 1 is 1.41 bits per heavy atom. The summed E-state index contributed by atoms with van der Waals surface area (Å²) in [5.74, 6) is 0.293. The van der Waals surface area contributed by atoms with Crippen LogP contribution in [0.2, 0.25) is 5.02 Å². The molecule has 0 spiro atoms. The van der Waals surface area contributed by atoms with Crippen molar-refractivity contribution in [1.82, 2.24) is 10.2 Å². The molecule has 1 aromatic carbocycles. The third-order valence-corrected chi connectivity index (χ3v) is 4.81. The fourth-order valence-electron chi connectivity index (χ4n) is 2.90. The zero-order valence-electron chi connectivity index (χ0n) is 13.3. The lowest BCUT2D eigenvalue weighted by atomic mass is 10.0. The van der Waals surface area contributed by atoms with Gasteiger partial charge in [-0.05, 0) is 50.4 Å². The molecular weight excluding hydrogens is 300 g/mol. The van der Waals surface area contributed by atoms with Gasteiger partial charge in [0, 0.05) is 18.1 Å². The fourth-order valence-corrected chi connectivity index (χ4v) is 3.02. The molecule has 0 bridgehead atoms. The number of nitrogens with zero attached hydrogens (tertiary/aromatic N) is 1. The normalized spacial score (nSPS) is 22.8. The molecule has 1 fully saturated rings. The number of aliphatic hydroxyl groups is 1. The average molecular weight is 325 g/mol. The monoisotopic (exact) mass is 324 g/mol. The minimum Gasteiger partial charge on any atom is -0.393 e. The summed E-state index contributed by atoms with van der Waals surface area (Å²) in [7, 11) is 1.94. The molecule has 1 aromatic rings. The number of amides is 1. The van der Waals surface area contributed by atoms with Crippen LogP contribution in [0.3, 0.4) is 0 Å². The largest absolute Gasteiger partial charge is 0.393 e. The van der Waals surface area contributed by atoms with Crippen LogP contribution in [0.1, 0.15) is 31.7 Å². The van der Waals surface area contributed by atoms with E-state index < -0.39 is 0 Å². The molecule has 0 aliphatic heterocycles. The molecule has 0 heterocycles. The third kappa shape index (κ3) is 4.70. The summed E-state index contributed by atoms with van der Waals surface area (Å²) in [6.45, 7) is 3.16. The third-order valence-electron chi connectivity index (χ3n) is 4.56. The van der Waals surface area contributed by atoms with Crippen molar-refractivity contribution in [3.05, 3.63) is 34.9 Å². The second-order valence-corrected chi connectivity index (χ2v) is 6.65. The summed E-state index contributed by atoms with van der Waals surface area (Å²) in [4.78, 5) is 14.3. The van der Waals surface area contributed by atoms with Crippen molar-refractivity contribution in [3.8, 4) is 0 Å². The molecule has 122 valence electrons. The molecule has 0 aromatic heterocycles. The second kappa shape index (κ2) is 7.95. The van der Waals surface area contributed by atoms with Gasteiger partial charge in [0.25, 0.3) is 0 Å². The number of benzene rings is 1. The molecule has 1 saturated carbocycles. The maximum Gasteiger partial charge on any atom is 0.237 e. The van der Waals surface area contributed by atoms with Crippen LogP contribution in [-0.4, -0.2) is 41.7 Å². The Bertz CT molecular complexity index is 492. The number of hydrogen-bond donors (Lipinski definition) is 2. The fraction of sp³-hybridized carbons (Fsp3) is 0.588. The molecule has 3 atom stereocenters. The molecule has 5 heteroatoms. The average Bonchev–Trinajstić information content (AvgIpc) is 2.90. The predicted octanol–water partition coefficient (Wildman–Crippen LogP) is 2.44. The summed E-state index contributed by atoms with van der Waals surface area (Å²) >= 11 is 5.84. The van der Waals surface area contributed by atoms with E-state index in [0.717, 1.165) is 31.4 Å². The van der Waals surface area contributed by atoms with Gasteiger partial charge in [0.2, 0.25) is 5.91 Å². The summed E-state index contributed by atoms with van der Waals surface area (Å²) < 4.78 is 0. The number of halogens is 1. The summed E-state index contributed by atoms with van der Waals surface area (Å²) in [6.07, 6.45) is 2.80. The number of hydrogen-bond acceptors (Lipinski definition) is 3. The molecule has 1 amide bonds. The molecule has 3 unspecified atom stereocenters. The van der Waals surface area contributed by atoms with Gasteiger partial charge in [-0.15, -0.1) is 0 Å². The maximum absolute atomic E-state index is 12.2. The lowest BCUT2D eigenvalue weighted by Crippen LogP contribution is -2.45. The van der Waals surface area contributed by atoms with Crippen LogP contribution in [0.5, 0.6) is 0 Å². The standard InChI is InChI=1S/C17H25ClN2O2/c1-12(20(2)11-14-4-3-5-16(14)21)17(22)19-10-13-6-8-15(18)9-7-13/h6-9,12,14,16,21H,3-5,10-11H2,1-2H3,(H,19,22). The zero-order valence-corrected chi connectivity index (χ0v) is 14.0. The number of nitrogens with one attached hydrogen (secondary N) is 1. The molecule has 22 heavy (non-hydrogen) atoms. The first-order valence-corrected chi connectivity index (χ1v) is 8.25. The van der Waals surface area contributed by atoms with Crippen LogP contribution in [0.15, 0.2) is 24.3 Å². The van der Waals surface area contributed by atoms with E-state index in [1.165, 1.54) is 0 Å². The molecule has 0 radical (unpaired) electrons. The summed E-state index contributed by atoms with van der Waals surface area (Å²) in [5, 5.41) is 13.5. The van der Waals surface area contributed by atoms with E-state index in [4.69, 9.17) is 11.6 Å². The van der Waals surface area contributed by atoms with E-state index in [1.54, 1.807) is 0 Å². The first-order valence-electron chi connectivity index (χ1n) is 7.88. The number of carbonyl (C=O) groups excluding carboxylic acids is 1. The van der Waals surface area contributed by atoms with Crippen molar-refractivity contribution < 1.29 is 9.90 Å². The smallest absolute Gasteiger partial charge is 0.237 e. The minimum atomic E-state index is -0.216. The SMILES string of the molecule is CC(C(=O)NCc1ccc(Cl)cc1)N(C)CC1CCCC1O. The first kappa shape index (κ1) is 17.3. The Hall–Kier alpha value is -1.10. The number of carbonyl (C=O) groups is 1. The van der Waals surface area contributed by atoms with Gasteiger partial charge < -0.3 is 10.4 Å².